The summed E-state index contributed by atoms with van der Waals surface area (Å²) in [7, 11) is 0. The van der Waals surface area contributed by atoms with Gasteiger partial charge in [-0.15, -0.1) is 11.3 Å². The van der Waals surface area contributed by atoms with Gasteiger partial charge in [-0.05, 0) is 45.4 Å². The van der Waals surface area contributed by atoms with E-state index >= 15 is 0 Å². The molecule has 1 heterocycles. The van der Waals surface area contributed by atoms with Crippen molar-refractivity contribution in [3.05, 3.63) is 50.6 Å². The zero-order valence-electron chi connectivity index (χ0n) is 11.4. The van der Waals surface area contributed by atoms with Gasteiger partial charge in [0.05, 0.1) is 16.1 Å². The Kier molecular flexibility index (Phi) is 4.83. The van der Waals surface area contributed by atoms with Crippen LogP contribution in [0.2, 0.25) is 0 Å². The molecule has 1 amide bonds. The third kappa shape index (κ3) is 3.22. The maximum Gasteiger partial charge on any atom is 0.253 e. The first-order valence-corrected chi connectivity index (χ1v) is 8.06. The van der Waals surface area contributed by atoms with Gasteiger partial charge in [-0.1, -0.05) is 26.0 Å². The highest BCUT2D eigenvalue weighted by Crippen LogP contribution is 2.28. The number of carbonyl (C=O) groups is 1. The van der Waals surface area contributed by atoms with Crippen molar-refractivity contribution in [1.29, 1.82) is 0 Å². The average molecular weight is 353 g/mol. The van der Waals surface area contributed by atoms with Crippen molar-refractivity contribution in [2.45, 2.75) is 19.9 Å². The molecule has 1 aromatic carbocycles. The summed E-state index contributed by atoms with van der Waals surface area (Å²) in [5.74, 6) is 0.203. The monoisotopic (exact) mass is 352 g/mol. The first-order chi connectivity index (χ1) is 9.50. The molecule has 0 saturated carbocycles. The molecular weight excluding hydrogens is 336 g/mol. The third-order valence-electron chi connectivity index (χ3n) is 3.08. The van der Waals surface area contributed by atoms with Crippen molar-refractivity contribution in [3.8, 4) is 0 Å². The van der Waals surface area contributed by atoms with Crippen LogP contribution in [0.1, 0.15) is 35.1 Å². The largest absolute Gasteiger partial charge is 0.398 e. The predicted molar refractivity (Wildman–Crippen MR) is 87.9 cm³/mol. The number of carbonyl (C=O) groups excluding carboxylic acids is 1. The molecule has 0 bridgehead atoms. The van der Waals surface area contributed by atoms with Crippen LogP contribution in [0.3, 0.4) is 0 Å². The molecule has 1 aromatic heterocycles. The van der Waals surface area contributed by atoms with Crippen LogP contribution < -0.4 is 11.1 Å². The zero-order chi connectivity index (χ0) is 14.7. The van der Waals surface area contributed by atoms with Crippen LogP contribution in [0.4, 0.5) is 5.69 Å². The van der Waals surface area contributed by atoms with Crippen LogP contribution in [-0.4, -0.2) is 5.91 Å². The minimum atomic E-state index is -0.115. The number of nitrogen functional groups attached to an aromatic ring is 1. The van der Waals surface area contributed by atoms with Gasteiger partial charge in [0.1, 0.15) is 0 Å². The topological polar surface area (TPSA) is 55.1 Å². The first-order valence-electron chi connectivity index (χ1n) is 6.39. The summed E-state index contributed by atoms with van der Waals surface area (Å²) in [6.07, 6.45) is 0. The fourth-order valence-corrected chi connectivity index (χ4v) is 3.37. The fourth-order valence-electron chi connectivity index (χ4n) is 1.98. The summed E-state index contributed by atoms with van der Waals surface area (Å²) in [6.45, 7) is 4.19. The molecule has 0 saturated heterocycles. The van der Waals surface area contributed by atoms with Crippen LogP contribution in [0.5, 0.6) is 0 Å². The maximum atomic E-state index is 12.4. The smallest absolute Gasteiger partial charge is 0.253 e. The van der Waals surface area contributed by atoms with Crippen molar-refractivity contribution < 1.29 is 4.79 Å². The Balaban J connectivity index is 2.23. The van der Waals surface area contributed by atoms with E-state index in [-0.39, 0.29) is 11.9 Å². The van der Waals surface area contributed by atoms with Gasteiger partial charge in [-0.25, -0.2) is 0 Å². The second kappa shape index (κ2) is 6.41. The molecule has 2 aromatic rings. The van der Waals surface area contributed by atoms with E-state index in [1.807, 2.05) is 17.5 Å². The number of rotatable bonds is 4. The van der Waals surface area contributed by atoms with Crippen LogP contribution >= 0.6 is 27.3 Å². The molecule has 0 radical (unpaired) electrons. The number of benzene rings is 1. The van der Waals surface area contributed by atoms with Gasteiger partial charge >= 0.3 is 0 Å². The Morgan fingerprint density at radius 3 is 2.65 bits per heavy atom. The Bertz CT molecular complexity index is 596. The Labute approximate surface area is 131 Å². The molecule has 0 spiro atoms. The molecule has 1 atom stereocenters. The third-order valence-corrected chi connectivity index (χ3v) is 4.92. The van der Waals surface area contributed by atoms with E-state index < -0.39 is 0 Å². The van der Waals surface area contributed by atoms with Crippen molar-refractivity contribution in [2.24, 2.45) is 5.92 Å². The lowest BCUT2D eigenvalue weighted by Gasteiger charge is -2.21. The number of nitrogens with one attached hydrogen (secondary N) is 1. The van der Waals surface area contributed by atoms with Gasteiger partial charge < -0.3 is 11.1 Å². The lowest BCUT2D eigenvalue weighted by Crippen LogP contribution is -2.31. The summed E-state index contributed by atoms with van der Waals surface area (Å²) < 4.78 is 0.645. The Hall–Kier alpha value is -1.33. The standard InChI is InChI=1S/C15H17BrN2OS/c1-9(2)14(12-7-4-8-20-12)18-15(19)10-5-3-6-11(17)13(10)16/h3-9,14H,17H2,1-2H3,(H,18,19). The van der Waals surface area contributed by atoms with Crippen molar-refractivity contribution in [3.63, 3.8) is 0 Å². The van der Waals surface area contributed by atoms with Gasteiger partial charge in [0.25, 0.3) is 5.91 Å². The van der Waals surface area contributed by atoms with Crippen molar-refractivity contribution in [1.82, 2.24) is 5.32 Å². The first kappa shape index (κ1) is 15.1. The van der Waals surface area contributed by atoms with Gasteiger partial charge in [-0.2, -0.15) is 0 Å². The van der Waals surface area contributed by atoms with Crippen LogP contribution in [-0.2, 0) is 0 Å². The quantitative estimate of drug-likeness (QED) is 0.809. The highest BCUT2D eigenvalue weighted by atomic mass is 79.9. The second-order valence-corrected chi connectivity index (χ2v) is 6.69. The molecule has 3 nitrogen and oxygen atoms in total. The minimum Gasteiger partial charge on any atom is -0.398 e. The molecule has 3 N–H and O–H groups in total. The molecule has 1 unspecified atom stereocenters. The van der Waals surface area contributed by atoms with E-state index in [9.17, 15) is 4.79 Å². The lowest BCUT2D eigenvalue weighted by atomic mass is 10.0. The average Bonchev–Trinajstić information content (AvgIpc) is 2.92. The van der Waals surface area contributed by atoms with E-state index in [0.29, 0.717) is 21.6 Å². The predicted octanol–water partition coefficient (Wildman–Crippen LogP) is 4.22. The summed E-state index contributed by atoms with van der Waals surface area (Å²) in [5.41, 5.74) is 6.95. The minimum absolute atomic E-state index is 0.0100. The molecule has 5 heteroatoms. The van der Waals surface area contributed by atoms with Gasteiger partial charge in [-0.3, -0.25) is 4.79 Å². The normalized spacial score (nSPS) is 12.4. The molecule has 20 heavy (non-hydrogen) atoms. The molecular formula is C15H17BrN2OS. The number of anilines is 1. The van der Waals surface area contributed by atoms with E-state index in [0.717, 1.165) is 4.88 Å². The molecule has 0 aliphatic carbocycles. The Morgan fingerprint density at radius 1 is 1.30 bits per heavy atom. The number of amides is 1. The van der Waals surface area contributed by atoms with Gasteiger partial charge in [0, 0.05) is 10.6 Å². The zero-order valence-corrected chi connectivity index (χ0v) is 13.8. The second-order valence-electron chi connectivity index (χ2n) is 4.92. The summed E-state index contributed by atoms with van der Waals surface area (Å²) in [6, 6.07) is 9.37. The van der Waals surface area contributed by atoms with E-state index in [4.69, 9.17) is 5.73 Å². The number of hydrogen-bond acceptors (Lipinski definition) is 3. The number of nitrogens with two attached hydrogens (primary N) is 1. The molecule has 0 aliphatic heterocycles. The number of thiophene rings is 1. The molecule has 106 valence electrons. The highest BCUT2D eigenvalue weighted by Gasteiger charge is 2.21. The Morgan fingerprint density at radius 2 is 2.05 bits per heavy atom. The van der Waals surface area contributed by atoms with E-state index in [1.165, 1.54) is 0 Å². The summed E-state index contributed by atoms with van der Waals surface area (Å²) in [4.78, 5) is 13.6. The maximum absolute atomic E-state index is 12.4. The van der Waals surface area contributed by atoms with E-state index in [2.05, 4.69) is 35.1 Å². The van der Waals surface area contributed by atoms with Crippen LogP contribution in [0.25, 0.3) is 0 Å². The highest BCUT2D eigenvalue weighted by molar-refractivity contribution is 9.10. The molecule has 2 rings (SSSR count). The van der Waals surface area contributed by atoms with Crippen molar-refractivity contribution >= 4 is 38.9 Å². The number of hydrogen-bond donors (Lipinski definition) is 2. The number of halogens is 1. The molecule has 0 fully saturated rings. The van der Waals surface area contributed by atoms with E-state index in [1.54, 1.807) is 29.5 Å². The summed E-state index contributed by atoms with van der Waals surface area (Å²) >= 11 is 5.03. The van der Waals surface area contributed by atoms with Gasteiger partial charge in [0.15, 0.2) is 0 Å². The van der Waals surface area contributed by atoms with Crippen LogP contribution in [0.15, 0.2) is 40.2 Å². The molecule has 0 aliphatic rings. The van der Waals surface area contributed by atoms with Gasteiger partial charge in [0.2, 0.25) is 0 Å². The fraction of sp³-hybridized carbons (Fsp3) is 0.267. The van der Waals surface area contributed by atoms with Crippen molar-refractivity contribution in [2.75, 3.05) is 5.73 Å². The summed E-state index contributed by atoms with van der Waals surface area (Å²) in [5, 5.41) is 5.11. The lowest BCUT2D eigenvalue weighted by molar-refractivity contribution is 0.0926. The SMILES string of the molecule is CC(C)C(NC(=O)c1cccc(N)c1Br)c1cccs1. The van der Waals surface area contributed by atoms with Crippen LogP contribution in [0, 0.1) is 5.92 Å².